The first-order valence-corrected chi connectivity index (χ1v) is 14.1. The fraction of sp³-hybridized carbons (Fsp3) is 0.900. The van der Waals surface area contributed by atoms with Crippen LogP contribution in [0.15, 0.2) is 11.6 Å². The summed E-state index contributed by atoms with van der Waals surface area (Å²) < 4.78 is 0. The third-order valence-corrected chi connectivity index (χ3v) is 13.5. The molecule has 0 bridgehead atoms. The summed E-state index contributed by atoms with van der Waals surface area (Å²) in [5, 5.41) is 42.9. The van der Waals surface area contributed by atoms with Gasteiger partial charge in [-0.1, -0.05) is 53.2 Å². The zero-order chi connectivity index (χ0) is 25.8. The summed E-state index contributed by atoms with van der Waals surface area (Å²) in [6.07, 6.45) is 7.51. The van der Waals surface area contributed by atoms with Crippen molar-refractivity contribution in [2.75, 3.05) is 6.61 Å². The highest BCUT2D eigenvalue weighted by molar-refractivity contribution is 5.76. The van der Waals surface area contributed by atoms with Crippen LogP contribution >= 0.6 is 0 Å². The van der Waals surface area contributed by atoms with Gasteiger partial charge in [0.15, 0.2) is 0 Å². The number of hydrogen-bond acceptors (Lipinski definition) is 4. The Hall–Kier alpha value is -0.910. The van der Waals surface area contributed by atoms with Crippen molar-refractivity contribution in [1.82, 2.24) is 0 Å². The summed E-state index contributed by atoms with van der Waals surface area (Å²) in [5.41, 5.74) is -0.214. The van der Waals surface area contributed by atoms with E-state index in [0.29, 0.717) is 24.2 Å². The van der Waals surface area contributed by atoms with Gasteiger partial charge < -0.3 is 20.4 Å². The molecule has 5 nitrogen and oxygen atoms in total. The Morgan fingerprint density at radius 3 is 2.31 bits per heavy atom. The van der Waals surface area contributed by atoms with E-state index in [4.69, 9.17) is 0 Å². The lowest BCUT2D eigenvalue weighted by atomic mass is 9.33. The molecule has 5 aliphatic rings. The number of carboxylic acids is 1. The Balaban J connectivity index is 1.62. The Morgan fingerprint density at radius 1 is 1.00 bits per heavy atom. The van der Waals surface area contributed by atoms with Crippen LogP contribution in [-0.4, -0.2) is 45.2 Å². The smallest absolute Gasteiger partial charge is 0.310 e. The van der Waals surface area contributed by atoms with E-state index >= 15 is 0 Å². The van der Waals surface area contributed by atoms with E-state index < -0.39 is 29.0 Å². The summed E-state index contributed by atoms with van der Waals surface area (Å²) in [6, 6.07) is 0. The molecule has 0 aliphatic heterocycles. The molecule has 0 amide bonds. The maximum Gasteiger partial charge on any atom is 0.310 e. The van der Waals surface area contributed by atoms with E-state index in [-0.39, 0.29) is 34.7 Å². The molecule has 0 spiro atoms. The van der Waals surface area contributed by atoms with Gasteiger partial charge >= 0.3 is 5.97 Å². The van der Waals surface area contributed by atoms with Crippen molar-refractivity contribution in [3.05, 3.63) is 11.6 Å². The second-order valence-electron chi connectivity index (χ2n) is 14.5. The number of fused-ring (bicyclic) bond motifs is 7. The van der Waals surface area contributed by atoms with Gasteiger partial charge in [0.25, 0.3) is 0 Å². The number of aliphatic hydroxyl groups is 3. The highest BCUT2D eigenvalue weighted by Gasteiger charge is 2.70. The lowest BCUT2D eigenvalue weighted by Crippen LogP contribution is -2.68. The lowest BCUT2D eigenvalue weighted by Gasteiger charge is -2.71. The molecule has 0 heterocycles. The van der Waals surface area contributed by atoms with Gasteiger partial charge in [0.1, 0.15) is 0 Å². The van der Waals surface area contributed by atoms with Crippen LogP contribution in [0.5, 0.6) is 0 Å². The summed E-state index contributed by atoms with van der Waals surface area (Å²) in [7, 11) is 0. The third kappa shape index (κ3) is 2.95. The Morgan fingerprint density at radius 2 is 1.69 bits per heavy atom. The SMILES string of the molecule is C[C@H]1[C@H](C)CC[C@]2(C(=O)O)CC[C@]3(C)C(=CC[C@@H]4[C@@]5(C)CC(O)C(O)C(C)(CO)[C@@H]5CC[C@]43C)[C@H]12. The largest absolute Gasteiger partial charge is 0.481 e. The fourth-order valence-corrected chi connectivity index (χ4v) is 11.0. The molecular weight excluding hydrogens is 440 g/mol. The zero-order valence-electron chi connectivity index (χ0n) is 22.7. The average molecular weight is 489 g/mol. The van der Waals surface area contributed by atoms with E-state index in [0.717, 1.165) is 44.9 Å². The van der Waals surface area contributed by atoms with Crippen LogP contribution in [0.2, 0.25) is 0 Å². The van der Waals surface area contributed by atoms with Crippen LogP contribution in [-0.2, 0) is 4.79 Å². The van der Waals surface area contributed by atoms with Crippen LogP contribution in [0.25, 0.3) is 0 Å². The minimum atomic E-state index is -0.907. The summed E-state index contributed by atoms with van der Waals surface area (Å²) in [5.74, 6) is 0.828. The molecule has 0 aromatic rings. The van der Waals surface area contributed by atoms with E-state index in [1.54, 1.807) is 0 Å². The minimum absolute atomic E-state index is 0.00815. The van der Waals surface area contributed by atoms with Gasteiger partial charge in [0, 0.05) is 5.41 Å². The molecule has 5 heteroatoms. The highest BCUT2D eigenvalue weighted by atomic mass is 16.4. The van der Waals surface area contributed by atoms with E-state index in [2.05, 4.69) is 40.7 Å². The maximum absolute atomic E-state index is 12.8. The van der Waals surface area contributed by atoms with Gasteiger partial charge in [0.2, 0.25) is 0 Å². The predicted molar refractivity (Wildman–Crippen MR) is 135 cm³/mol. The number of aliphatic hydroxyl groups excluding tert-OH is 3. The zero-order valence-corrected chi connectivity index (χ0v) is 22.7. The van der Waals surface area contributed by atoms with Crippen molar-refractivity contribution in [3.63, 3.8) is 0 Å². The van der Waals surface area contributed by atoms with Crippen molar-refractivity contribution < 1.29 is 25.2 Å². The van der Waals surface area contributed by atoms with E-state index in [9.17, 15) is 25.2 Å². The minimum Gasteiger partial charge on any atom is -0.481 e. The van der Waals surface area contributed by atoms with E-state index in [1.165, 1.54) is 5.57 Å². The number of carbonyl (C=O) groups is 1. The number of allylic oxidation sites excluding steroid dienone is 2. The quantitative estimate of drug-likeness (QED) is 0.409. The molecule has 4 N–H and O–H groups in total. The first-order chi connectivity index (χ1) is 16.2. The molecule has 12 atom stereocenters. The molecule has 0 radical (unpaired) electrons. The molecule has 4 saturated carbocycles. The molecular formula is C30H48O5. The summed E-state index contributed by atoms with van der Waals surface area (Å²) in [4.78, 5) is 12.8. The van der Waals surface area contributed by atoms with Gasteiger partial charge in [-0.3, -0.25) is 4.79 Å². The normalized spacial score (nSPS) is 57.7. The topological polar surface area (TPSA) is 98.0 Å². The van der Waals surface area contributed by atoms with Gasteiger partial charge in [0.05, 0.1) is 24.2 Å². The first kappa shape index (κ1) is 25.7. The van der Waals surface area contributed by atoms with Crippen LogP contribution in [0, 0.1) is 56.7 Å². The molecule has 198 valence electrons. The van der Waals surface area contributed by atoms with Gasteiger partial charge in [-0.2, -0.15) is 0 Å². The van der Waals surface area contributed by atoms with Crippen LogP contribution in [0.4, 0.5) is 0 Å². The van der Waals surface area contributed by atoms with Gasteiger partial charge in [-0.15, -0.1) is 0 Å². The average Bonchev–Trinajstić information content (AvgIpc) is 2.80. The lowest BCUT2D eigenvalue weighted by molar-refractivity contribution is -0.244. The summed E-state index contributed by atoms with van der Waals surface area (Å²) >= 11 is 0. The Labute approximate surface area is 211 Å². The summed E-state index contributed by atoms with van der Waals surface area (Å²) in [6.45, 7) is 13.6. The standard InChI is InChI=1S/C30H48O5/c1-17-9-12-30(25(34)35)14-13-28(5)19(23(30)18(17)2)7-8-22-26(3)15-20(32)24(33)27(4,16-31)21(26)10-11-29(22,28)6/h7,17-18,20-24,31-33H,8-16H2,1-6H3,(H,34,35)/t17-,18+,20?,21-,22-,23+,24?,26+,27?,28-,29-,30+/m1/s1. The van der Waals surface area contributed by atoms with Crippen molar-refractivity contribution >= 4 is 5.97 Å². The van der Waals surface area contributed by atoms with Gasteiger partial charge in [-0.25, -0.2) is 0 Å². The molecule has 5 rings (SSSR count). The maximum atomic E-state index is 12.8. The van der Waals surface area contributed by atoms with Crippen molar-refractivity contribution in [2.24, 2.45) is 56.7 Å². The second kappa shape index (κ2) is 7.80. The Bertz CT molecular complexity index is 930. The van der Waals surface area contributed by atoms with E-state index in [1.807, 2.05) is 6.92 Å². The van der Waals surface area contributed by atoms with Crippen LogP contribution in [0.1, 0.15) is 92.9 Å². The molecule has 0 aromatic heterocycles. The predicted octanol–water partition coefficient (Wildman–Crippen LogP) is 5.03. The first-order valence-electron chi connectivity index (χ1n) is 14.1. The van der Waals surface area contributed by atoms with Crippen LogP contribution < -0.4 is 0 Å². The third-order valence-electron chi connectivity index (χ3n) is 13.5. The molecule has 35 heavy (non-hydrogen) atoms. The van der Waals surface area contributed by atoms with Gasteiger partial charge in [-0.05, 0) is 97.2 Å². The molecule has 0 aromatic carbocycles. The molecule has 0 saturated heterocycles. The number of carboxylic acid groups (broad SMARTS) is 1. The fourth-order valence-electron chi connectivity index (χ4n) is 11.0. The van der Waals surface area contributed by atoms with Crippen molar-refractivity contribution in [3.8, 4) is 0 Å². The highest BCUT2D eigenvalue weighted by Crippen LogP contribution is 2.75. The number of hydrogen-bond donors (Lipinski definition) is 4. The Kier molecular flexibility index (Phi) is 5.73. The van der Waals surface area contributed by atoms with Crippen molar-refractivity contribution in [2.45, 2.75) is 105 Å². The second-order valence-corrected chi connectivity index (χ2v) is 14.5. The van der Waals surface area contributed by atoms with Crippen LogP contribution in [0.3, 0.4) is 0 Å². The number of rotatable bonds is 2. The molecule has 4 fully saturated rings. The monoisotopic (exact) mass is 488 g/mol. The van der Waals surface area contributed by atoms with Crippen molar-refractivity contribution in [1.29, 1.82) is 0 Å². The molecule has 5 aliphatic carbocycles. The number of aliphatic carboxylic acids is 1. The molecule has 3 unspecified atom stereocenters.